The predicted molar refractivity (Wildman–Crippen MR) is 123 cm³/mol. The first kappa shape index (κ1) is 22.1. The Balaban J connectivity index is 1.40. The molecule has 1 aliphatic rings. The summed E-state index contributed by atoms with van der Waals surface area (Å²) in [6.07, 6.45) is 4.13. The third-order valence-electron chi connectivity index (χ3n) is 5.88. The van der Waals surface area contributed by atoms with Gasteiger partial charge in [-0.3, -0.25) is 10.0 Å². The lowest BCUT2D eigenvalue weighted by molar-refractivity contribution is -0.0606. The minimum absolute atomic E-state index is 0.209. The number of aromatic nitrogens is 2. The summed E-state index contributed by atoms with van der Waals surface area (Å²) < 4.78 is 27.0. The monoisotopic (exact) mass is 461 g/mol. The van der Waals surface area contributed by atoms with Gasteiger partial charge in [0.05, 0.1) is 31.5 Å². The van der Waals surface area contributed by atoms with Gasteiger partial charge in [0.2, 0.25) is 0 Å². The van der Waals surface area contributed by atoms with E-state index in [2.05, 4.69) is 4.98 Å². The number of amides is 1. The molecule has 34 heavy (non-hydrogen) atoms. The van der Waals surface area contributed by atoms with Crippen molar-refractivity contribution in [3.63, 3.8) is 0 Å². The molecule has 8 heteroatoms. The lowest BCUT2D eigenvalue weighted by atomic mass is 9.99. The average Bonchev–Trinajstić information content (AvgIpc) is 3.21. The van der Waals surface area contributed by atoms with Crippen molar-refractivity contribution < 1.29 is 23.9 Å². The largest absolute Gasteiger partial charge is 0.491 e. The molecule has 0 bridgehead atoms. The first-order valence-electron chi connectivity index (χ1n) is 11.1. The second-order valence-corrected chi connectivity index (χ2v) is 8.15. The second-order valence-electron chi connectivity index (χ2n) is 8.15. The maximum Gasteiger partial charge on any atom is 0.296 e. The Morgan fingerprint density at radius 1 is 1.06 bits per heavy atom. The van der Waals surface area contributed by atoms with Gasteiger partial charge in [-0.25, -0.2) is 14.4 Å². The van der Waals surface area contributed by atoms with Crippen LogP contribution in [-0.2, 0) is 24.3 Å². The highest BCUT2D eigenvalue weighted by atomic mass is 19.1. The van der Waals surface area contributed by atoms with E-state index in [0.29, 0.717) is 37.8 Å². The van der Waals surface area contributed by atoms with E-state index in [4.69, 9.17) is 9.47 Å². The predicted octanol–water partition coefficient (Wildman–Crippen LogP) is 4.21. The van der Waals surface area contributed by atoms with E-state index in [9.17, 15) is 14.4 Å². The number of carbonyl (C=O) groups is 1. The molecule has 0 atom stereocenters. The van der Waals surface area contributed by atoms with Gasteiger partial charge in [0.15, 0.2) is 0 Å². The van der Waals surface area contributed by atoms with Crippen molar-refractivity contribution in [3.8, 4) is 5.75 Å². The fourth-order valence-corrected chi connectivity index (χ4v) is 4.25. The van der Waals surface area contributed by atoms with Gasteiger partial charge in [-0.15, -0.1) is 0 Å². The van der Waals surface area contributed by atoms with E-state index in [1.54, 1.807) is 18.3 Å². The van der Waals surface area contributed by atoms with Crippen molar-refractivity contribution in [2.75, 3.05) is 19.8 Å². The number of rotatable bonds is 8. The van der Waals surface area contributed by atoms with Gasteiger partial charge in [-0.2, -0.15) is 0 Å². The van der Waals surface area contributed by atoms with Gasteiger partial charge >= 0.3 is 0 Å². The first-order chi connectivity index (χ1) is 16.6. The zero-order chi connectivity index (χ0) is 23.5. The van der Waals surface area contributed by atoms with Crippen LogP contribution in [0.4, 0.5) is 4.39 Å². The first-order valence-corrected chi connectivity index (χ1v) is 11.1. The van der Waals surface area contributed by atoms with Crippen LogP contribution in [0.2, 0.25) is 0 Å². The van der Waals surface area contributed by atoms with Crippen LogP contribution in [0.5, 0.6) is 5.75 Å². The average molecular weight is 461 g/mol. The Morgan fingerprint density at radius 3 is 2.65 bits per heavy atom. The highest BCUT2D eigenvalue weighted by molar-refractivity contribution is 6.00. The van der Waals surface area contributed by atoms with Crippen LogP contribution in [0, 0.1) is 5.82 Å². The number of hydrogen-bond acceptors (Lipinski definition) is 5. The lowest BCUT2D eigenvalue weighted by Gasteiger charge is -2.23. The Bertz CT molecular complexity index is 1310. The van der Waals surface area contributed by atoms with Gasteiger partial charge in [0.1, 0.15) is 23.9 Å². The summed E-state index contributed by atoms with van der Waals surface area (Å²) in [7, 11) is 0. The fourth-order valence-electron chi connectivity index (χ4n) is 4.25. The second kappa shape index (κ2) is 9.62. The van der Waals surface area contributed by atoms with Crippen LogP contribution in [0.1, 0.15) is 27.2 Å². The molecule has 0 spiro atoms. The van der Waals surface area contributed by atoms with Gasteiger partial charge < -0.3 is 14.0 Å². The van der Waals surface area contributed by atoms with Crippen molar-refractivity contribution >= 4 is 16.8 Å². The number of nitrogens with zero attached hydrogens (tertiary/aromatic N) is 3. The molecule has 7 nitrogen and oxygen atoms in total. The number of halogens is 1. The normalized spacial score (nSPS) is 13.4. The minimum atomic E-state index is -0.502. The SMILES string of the molecule is O=C1c2ncc3c(c(COCCOc4ccccc4)cn3Cc3ccc(F)cc3)c2CCN1O. The molecule has 0 aliphatic carbocycles. The molecule has 1 N–H and O–H groups in total. The van der Waals surface area contributed by atoms with Crippen molar-refractivity contribution in [2.24, 2.45) is 0 Å². The Hall–Kier alpha value is -3.75. The van der Waals surface area contributed by atoms with Crippen LogP contribution < -0.4 is 4.74 Å². The highest BCUT2D eigenvalue weighted by Crippen LogP contribution is 2.31. The molecule has 1 aliphatic heterocycles. The highest BCUT2D eigenvalue weighted by Gasteiger charge is 2.28. The molecule has 5 rings (SSSR count). The number of pyridine rings is 1. The van der Waals surface area contributed by atoms with E-state index >= 15 is 0 Å². The zero-order valence-electron chi connectivity index (χ0n) is 18.5. The summed E-state index contributed by atoms with van der Waals surface area (Å²) in [6.45, 7) is 1.87. The smallest absolute Gasteiger partial charge is 0.296 e. The number of fused-ring (bicyclic) bond motifs is 3. The maximum absolute atomic E-state index is 13.4. The molecule has 0 unspecified atom stereocenters. The molecule has 0 saturated heterocycles. The Morgan fingerprint density at radius 2 is 1.85 bits per heavy atom. The molecule has 4 aromatic rings. The lowest BCUT2D eigenvalue weighted by Crippen LogP contribution is -2.35. The Labute approximate surface area is 195 Å². The molecule has 174 valence electrons. The Kier molecular flexibility index (Phi) is 6.24. The number of para-hydroxylation sites is 1. The summed E-state index contributed by atoms with van der Waals surface area (Å²) in [5, 5.41) is 11.5. The molecule has 0 fully saturated rings. The molecule has 0 saturated carbocycles. The van der Waals surface area contributed by atoms with Gasteiger partial charge in [0, 0.05) is 23.7 Å². The van der Waals surface area contributed by atoms with Crippen LogP contribution in [-0.4, -0.2) is 45.5 Å². The van der Waals surface area contributed by atoms with Crippen molar-refractivity contribution in [3.05, 3.63) is 95.2 Å². The fraction of sp³-hybridized carbons (Fsp3) is 0.231. The van der Waals surface area contributed by atoms with Crippen LogP contribution in [0.15, 0.2) is 67.0 Å². The molecule has 3 heterocycles. The number of carbonyl (C=O) groups excluding carboxylic acids is 1. The van der Waals surface area contributed by atoms with Crippen molar-refractivity contribution in [1.29, 1.82) is 0 Å². The van der Waals surface area contributed by atoms with Gasteiger partial charge in [0.25, 0.3) is 5.91 Å². The third-order valence-corrected chi connectivity index (χ3v) is 5.88. The molecule has 2 aromatic carbocycles. The summed E-state index contributed by atoms with van der Waals surface area (Å²) in [5.74, 6) is 0.00232. The topological polar surface area (TPSA) is 76.8 Å². The van der Waals surface area contributed by atoms with Crippen molar-refractivity contribution in [1.82, 2.24) is 14.6 Å². The van der Waals surface area contributed by atoms with Crippen LogP contribution in [0.3, 0.4) is 0 Å². The summed E-state index contributed by atoms with van der Waals surface area (Å²) in [5.41, 5.74) is 3.80. The van der Waals surface area contributed by atoms with E-state index in [-0.39, 0.29) is 18.1 Å². The summed E-state index contributed by atoms with van der Waals surface area (Å²) in [4.78, 5) is 16.8. The van der Waals surface area contributed by atoms with Crippen LogP contribution in [0.25, 0.3) is 10.9 Å². The molecule has 2 aromatic heterocycles. The summed E-state index contributed by atoms with van der Waals surface area (Å²) >= 11 is 0. The molecular weight excluding hydrogens is 437 g/mol. The quantitative estimate of drug-likeness (QED) is 0.314. The van der Waals surface area contributed by atoms with E-state index in [1.807, 2.05) is 41.1 Å². The summed E-state index contributed by atoms with van der Waals surface area (Å²) in [6, 6.07) is 15.9. The minimum Gasteiger partial charge on any atom is -0.491 e. The third kappa shape index (κ3) is 4.50. The molecule has 0 radical (unpaired) electrons. The van der Waals surface area contributed by atoms with E-state index in [1.165, 1.54) is 12.1 Å². The zero-order valence-corrected chi connectivity index (χ0v) is 18.5. The maximum atomic E-state index is 13.4. The molecule has 1 amide bonds. The van der Waals surface area contributed by atoms with Gasteiger partial charge in [-0.1, -0.05) is 30.3 Å². The molecular formula is C26H24FN3O4. The standard InChI is InChI=1S/C26H24FN3O4/c27-20-8-6-18(7-9-20)15-29-16-19(17-33-12-13-34-21-4-2-1-3-5-21)24-22-10-11-30(32)26(31)25(22)28-14-23(24)29/h1-9,14,16,32H,10-13,15,17H2. The number of hydrogen-bond donors (Lipinski definition) is 1. The van der Waals surface area contributed by atoms with E-state index in [0.717, 1.165) is 33.3 Å². The number of ether oxygens (including phenoxy) is 2. The number of hydroxylamine groups is 2. The van der Waals surface area contributed by atoms with Crippen molar-refractivity contribution in [2.45, 2.75) is 19.6 Å². The number of benzene rings is 2. The van der Waals surface area contributed by atoms with E-state index < -0.39 is 5.91 Å². The van der Waals surface area contributed by atoms with Crippen LogP contribution >= 0.6 is 0 Å². The van der Waals surface area contributed by atoms with Gasteiger partial charge in [-0.05, 0) is 41.8 Å².